The Bertz CT molecular complexity index is 1440. The van der Waals surface area contributed by atoms with E-state index in [-0.39, 0.29) is 5.56 Å². The molecule has 0 unspecified atom stereocenters. The minimum atomic E-state index is -0.0759. The van der Waals surface area contributed by atoms with E-state index < -0.39 is 0 Å². The molecule has 0 aliphatic heterocycles. The summed E-state index contributed by atoms with van der Waals surface area (Å²) in [6.45, 7) is 4.18. The molecule has 0 aliphatic carbocycles. The number of fused-ring (bicyclic) bond motifs is 1. The molecule has 32 heavy (non-hydrogen) atoms. The van der Waals surface area contributed by atoms with Crippen molar-refractivity contribution in [3.63, 3.8) is 0 Å². The van der Waals surface area contributed by atoms with E-state index in [0.29, 0.717) is 39.5 Å². The molecule has 0 radical (unpaired) electrons. The van der Waals surface area contributed by atoms with Gasteiger partial charge in [0.2, 0.25) is 11.8 Å². The molecule has 2 aromatic carbocycles. The molecule has 0 fully saturated rings. The summed E-state index contributed by atoms with van der Waals surface area (Å²) in [6.07, 6.45) is 1.70. The summed E-state index contributed by atoms with van der Waals surface area (Å²) in [5, 5.41) is 11.5. The lowest BCUT2D eigenvalue weighted by atomic mass is 10.1. The molecule has 0 bridgehead atoms. The van der Waals surface area contributed by atoms with Crippen molar-refractivity contribution in [2.24, 2.45) is 0 Å². The van der Waals surface area contributed by atoms with Crippen molar-refractivity contribution >= 4 is 33.3 Å². The van der Waals surface area contributed by atoms with Gasteiger partial charge in [-0.3, -0.25) is 9.36 Å². The van der Waals surface area contributed by atoms with Gasteiger partial charge in [0.25, 0.3) is 5.56 Å². The average molecular weight is 459 g/mol. The van der Waals surface area contributed by atoms with Gasteiger partial charge in [0.15, 0.2) is 5.16 Å². The fourth-order valence-corrected chi connectivity index (χ4v) is 5.21. The van der Waals surface area contributed by atoms with Gasteiger partial charge in [0.05, 0.1) is 11.1 Å². The van der Waals surface area contributed by atoms with Crippen LogP contribution in [0.4, 0.5) is 0 Å². The van der Waals surface area contributed by atoms with Crippen molar-refractivity contribution in [3.8, 4) is 22.6 Å². The van der Waals surface area contributed by atoms with Gasteiger partial charge in [-0.1, -0.05) is 66.4 Å². The molecule has 0 atom stereocenters. The maximum atomic E-state index is 13.4. The lowest BCUT2D eigenvalue weighted by molar-refractivity contribution is 0.528. The third-order valence-electron chi connectivity index (χ3n) is 4.87. The molecular formula is C24H18N4O2S2. The molecule has 8 heteroatoms. The van der Waals surface area contributed by atoms with Crippen molar-refractivity contribution in [2.45, 2.75) is 17.5 Å². The van der Waals surface area contributed by atoms with Gasteiger partial charge in [-0.05, 0) is 17.7 Å². The maximum Gasteiger partial charge on any atom is 0.263 e. The number of rotatable bonds is 7. The first-order chi connectivity index (χ1) is 15.7. The van der Waals surface area contributed by atoms with Gasteiger partial charge in [0, 0.05) is 23.1 Å². The predicted octanol–water partition coefficient (Wildman–Crippen LogP) is 5.65. The average Bonchev–Trinajstić information content (AvgIpc) is 3.48. The monoisotopic (exact) mass is 458 g/mol. The summed E-state index contributed by atoms with van der Waals surface area (Å²) >= 11 is 2.87. The van der Waals surface area contributed by atoms with E-state index in [1.165, 1.54) is 23.1 Å². The Morgan fingerprint density at radius 3 is 2.47 bits per heavy atom. The van der Waals surface area contributed by atoms with Crippen molar-refractivity contribution in [2.75, 3.05) is 0 Å². The van der Waals surface area contributed by atoms with Crippen molar-refractivity contribution in [3.05, 3.63) is 94.9 Å². The van der Waals surface area contributed by atoms with E-state index in [2.05, 4.69) is 16.8 Å². The Morgan fingerprint density at radius 2 is 1.75 bits per heavy atom. The number of thioether (sulfide) groups is 1. The largest absolute Gasteiger partial charge is 0.420 e. The second kappa shape index (κ2) is 8.94. The Hall–Kier alpha value is -3.49. The lowest BCUT2D eigenvalue weighted by Gasteiger charge is -2.10. The van der Waals surface area contributed by atoms with E-state index in [4.69, 9.17) is 9.40 Å². The zero-order chi connectivity index (χ0) is 21.9. The third kappa shape index (κ3) is 3.90. The first-order valence-electron chi connectivity index (χ1n) is 9.93. The van der Waals surface area contributed by atoms with Gasteiger partial charge < -0.3 is 4.42 Å². The summed E-state index contributed by atoms with van der Waals surface area (Å²) in [4.78, 5) is 18.9. The second-order valence-electron chi connectivity index (χ2n) is 6.95. The van der Waals surface area contributed by atoms with Crippen molar-refractivity contribution < 1.29 is 4.42 Å². The first kappa shape index (κ1) is 20.4. The van der Waals surface area contributed by atoms with E-state index in [1.807, 2.05) is 66.0 Å². The molecule has 0 saturated heterocycles. The van der Waals surface area contributed by atoms with Gasteiger partial charge in [-0.25, -0.2) is 4.98 Å². The second-order valence-corrected chi connectivity index (χ2v) is 8.75. The maximum absolute atomic E-state index is 13.4. The Morgan fingerprint density at radius 1 is 1.03 bits per heavy atom. The molecule has 0 amide bonds. The molecule has 0 aliphatic rings. The van der Waals surface area contributed by atoms with Crippen LogP contribution in [0, 0.1) is 0 Å². The number of allylic oxidation sites excluding steroid dienone is 1. The van der Waals surface area contributed by atoms with Crippen LogP contribution in [0.3, 0.4) is 0 Å². The van der Waals surface area contributed by atoms with Crippen molar-refractivity contribution in [1.82, 2.24) is 19.7 Å². The van der Waals surface area contributed by atoms with E-state index in [9.17, 15) is 4.79 Å². The van der Waals surface area contributed by atoms with Crippen LogP contribution in [-0.4, -0.2) is 19.7 Å². The molecule has 0 N–H and O–H groups in total. The fraction of sp³-hybridized carbons (Fsp3) is 0.0833. The highest BCUT2D eigenvalue weighted by Crippen LogP contribution is 2.32. The minimum Gasteiger partial charge on any atom is -0.420 e. The highest BCUT2D eigenvalue weighted by molar-refractivity contribution is 7.98. The summed E-state index contributed by atoms with van der Waals surface area (Å²) in [5.41, 5.74) is 2.70. The smallest absolute Gasteiger partial charge is 0.263 e. The fourth-order valence-electron chi connectivity index (χ4n) is 3.37. The van der Waals surface area contributed by atoms with Gasteiger partial charge in [-0.2, -0.15) is 0 Å². The molecule has 6 nitrogen and oxygen atoms in total. The van der Waals surface area contributed by atoms with E-state index >= 15 is 0 Å². The van der Waals surface area contributed by atoms with E-state index in [1.54, 1.807) is 10.6 Å². The Kier molecular flexibility index (Phi) is 5.70. The normalized spacial score (nSPS) is 11.1. The number of nitrogens with zero attached hydrogens (tertiary/aromatic N) is 4. The van der Waals surface area contributed by atoms with Gasteiger partial charge in [-0.15, -0.1) is 28.1 Å². The molecule has 3 aromatic heterocycles. The van der Waals surface area contributed by atoms with Crippen LogP contribution in [0.25, 0.3) is 32.8 Å². The minimum absolute atomic E-state index is 0.0759. The summed E-state index contributed by atoms with van der Waals surface area (Å²) in [6, 6.07) is 19.5. The highest BCUT2D eigenvalue weighted by Gasteiger charge is 2.18. The van der Waals surface area contributed by atoms with Gasteiger partial charge >= 0.3 is 0 Å². The number of hydrogen-bond donors (Lipinski definition) is 0. The SMILES string of the molecule is C=CCn1c(SCc2nnc(-c3ccccc3)o2)nc2scc(-c3ccccc3)c2c1=O. The van der Waals surface area contributed by atoms with Crippen LogP contribution in [-0.2, 0) is 12.3 Å². The Labute approximate surface area is 192 Å². The third-order valence-corrected chi connectivity index (χ3v) is 6.70. The standard InChI is InChI=1S/C24H18N4O2S2/c1-2-13-28-23(29)20-18(16-9-5-3-6-10-16)14-31-22(20)25-24(28)32-15-19-26-27-21(30-19)17-11-7-4-8-12-17/h2-12,14H,1,13,15H2. The summed E-state index contributed by atoms with van der Waals surface area (Å²) in [7, 11) is 0. The quantitative estimate of drug-likeness (QED) is 0.178. The number of benzene rings is 2. The molecule has 3 heterocycles. The molecule has 0 spiro atoms. The van der Waals surface area contributed by atoms with Crippen LogP contribution in [0.1, 0.15) is 5.89 Å². The van der Waals surface area contributed by atoms with Crippen LogP contribution < -0.4 is 5.56 Å². The molecule has 0 saturated carbocycles. The van der Waals surface area contributed by atoms with Crippen LogP contribution >= 0.6 is 23.1 Å². The molecule has 5 aromatic rings. The van der Waals surface area contributed by atoms with Gasteiger partial charge in [0.1, 0.15) is 4.83 Å². The van der Waals surface area contributed by atoms with E-state index in [0.717, 1.165) is 16.7 Å². The lowest BCUT2D eigenvalue weighted by Crippen LogP contribution is -2.22. The summed E-state index contributed by atoms with van der Waals surface area (Å²) in [5.74, 6) is 1.36. The zero-order valence-corrected chi connectivity index (χ0v) is 18.6. The van der Waals surface area contributed by atoms with Crippen LogP contribution in [0.15, 0.2) is 93.1 Å². The Balaban J connectivity index is 1.48. The first-order valence-corrected chi connectivity index (χ1v) is 11.8. The van der Waals surface area contributed by atoms with Crippen molar-refractivity contribution in [1.29, 1.82) is 0 Å². The predicted molar refractivity (Wildman–Crippen MR) is 129 cm³/mol. The number of thiophene rings is 1. The molecule has 158 valence electrons. The molecule has 5 rings (SSSR count). The molecular weight excluding hydrogens is 440 g/mol. The van der Waals surface area contributed by atoms with Crippen LogP contribution in [0.2, 0.25) is 0 Å². The van der Waals surface area contributed by atoms with Crippen LogP contribution in [0.5, 0.6) is 0 Å². The number of aromatic nitrogens is 4. The summed E-state index contributed by atoms with van der Waals surface area (Å²) < 4.78 is 7.44. The highest BCUT2D eigenvalue weighted by atomic mass is 32.2. The number of hydrogen-bond acceptors (Lipinski definition) is 7. The topological polar surface area (TPSA) is 73.8 Å². The zero-order valence-electron chi connectivity index (χ0n) is 17.0.